The van der Waals surface area contributed by atoms with Crippen molar-refractivity contribution in [1.82, 2.24) is 14.8 Å². The monoisotopic (exact) mass is 333 g/mol. The second-order valence-electron chi connectivity index (χ2n) is 5.85. The Kier molecular flexibility index (Phi) is 6.28. The second kappa shape index (κ2) is 8.42. The first-order valence-corrected chi connectivity index (χ1v) is 8.08. The van der Waals surface area contributed by atoms with Crippen molar-refractivity contribution < 1.29 is 19.1 Å². The molecule has 1 saturated heterocycles. The number of carbonyl (C=O) groups excluding carboxylic acids is 3. The highest BCUT2D eigenvalue weighted by molar-refractivity contribution is 5.89. The van der Waals surface area contributed by atoms with Crippen molar-refractivity contribution in [2.75, 3.05) is 26.7 Å². The molecule has 24 heavy (non-hydrogen) atoms. The third kappa shape index (κ3) is 4.78. The lowest BCUT2D eigenvalue weighted by Crippen LogP contribution is -2.38. The molecule has 7 heteroatoms. The van der Waals surface area contributed by atoms with Crippen LogP contribution >= 0.6 is 0 Å². The van der Waals surface area contributed by atoms with Gasteiger partial charge < -0.3 is 14.5 Å². The minimum Gasteiger partial charge on any atom is -0.466 e. The first-order chi connectivity index (χ1) is 11.5. The molecule has 1 aromatic rings. The molecule has 2 rings (SSSR count). The number of amides is 2. The van der Waals surface area contributed by atoms with Crippen molar-refractivity contribution in [2.45, 2.75) is 26.3 Å². The molecule has 0 aliphatic carbocycles. The zero-order valence-corrected chi connectivity index (χ0v) is 14.1. The Morgan fingerprint density at radius 3 is 2.83 bits per heavy atom. The van der Waals surface area contributed by atoms with Gasteiger partial charge in [-0.3, -0.25) is 19.4 Å². The summed E-state index contributed by atoms with van der Waals surface area (Å²) in [6.07, 6.45) is 3.71. The Morgan fingerprint density at radius 2 is 2.25 bits per heavy atom. The van der Waals surface area contributed by atoms with Gasteiger partial charge in [0.05, 0.1) is 18.9 Å². The minimum absolute atomic E-state index is 0.0277. The topological polar surface area (TPSA) is 79.8 Å². The smallest absolute Gasteiger partial charge is 0.307 e. The number of rotatable bonds is 7. The Balaban J connectivity index is 2.05. The van der Waals surface area contributed by atoms with Crippen molar-refractivity contribution >= 4 is 17.8 Å². The van der Waals surface area contributed by atoms with E-state index in [-0.39, 0.29) is 43.1 Å². The van der Waals surface area contributed by atoms with Gasteiger partial charge in [0.2, 0.25) is 11.8 Å². The van der Waals surface area contributed by atoms with Gasteiger partial charge in [-0.05, 0) is 18.6 Å². The predicted molar refractivity (Wildman–Crippen MR) is 86.6 cm³/mol. The quantitative estimate of drug-likeness (QED) is 0.691. The standard InChI is InChI=1S/C17H23N3O4/c1-3-24-16(22)6-8-20(11-13-5-4-7-18-10-13)17(23)14-9-15(21)19(2)12-14/h4-5,7,10,14H,3,6,8-9,11-12H2,1-2H3/t14-/m0/s1. The molecule has 1 aromatic heterocycles. The molecule has 1 atom stereocenters. The van der Waals surface area contributed by atoms with E-state index in [1.165, 1.54) is 0 Å². The molecule has 130 valence electrons. The highest BCUT2D eigenvalue weighted by Gasteiger charge is 2.34. The Labute approximate surface area is 141 Å². The number of likely N-dealkylation sites (tertiary alicyclic amines) is 1. The van der Waals surface area contributed by atoms with Gasteiger partial charge in [0.15, 0.2) is 0 Å². The summed E-state index contributed by atoms with van der Waals surface area (Å²) in [5.41, 5.74) is 0.882. The van der Waals surface area contributed by atoms with E-state index < -0.39 is 0 Å². The fourth-order valence-electron chi connectivity index (χ4n) is 2.73. The summed E-state index contributed by atoms with van der Waals surface area (Å²) < 4.78 is 4.93. The number of carbonyl (C=O) groups is 3. The maximum absolute atomic E-state index is 12.8. The highest BCUT2D eigenvalue weighted by Crippen LogP contribution is 2.20. The minimum atomic E-state index is -0.360. The molecule has 2 heterocycles. The number of esters is 1. The van der Waals surface area contributed by atoms with E-state index in [9.17, 15) is 14.4 Å². The van der Waals surface area contributed by atoms with Crippen LogP contribution in [0.2, 0.25) is 0 Å². The molecule has 0 N–H and O–H groups in total. The molecule has 7 nitrogen and oxygen atoms in total. The van der Waals surface area contributed by atoms with Crippen LogP contribution in [0.1, 0.15) is 25.3 Å². The van der Waals surface area contributed by atoms with E-state index in [2.05, 4.69) is 4.98 Å². The van der Waals surface area contributed by atoms with Crippen LogP contribution < -0.4 is 0 Å². The van der Waals surface area contributed by atoms with Gasteiger partial charge in [0.1, 0.15) is 0 Å². The van der Waals surface area contributed by atoms with Gasteiger partial charge in [-0.25, -0.2) is 0 Å². The zero-order chi connectivity index (χ0) is 17.5. The first-order valence-electron chi connectivity index (χ1n) is 8.08. The van der Waals surface area contributed by atoms with E-state index >= 15 is 0 Å². The van der Waals surface area contributed by atoms with Crippen molar-refractivity contribution in [3.63, 3.8) is 0 Å². The van der Waals surface area contributed by atoms with Gasteiger partial charge in [-0.2, -0.15) is 0 Å². The molecule has 0 unspecified atom stereocenters. The fraction of sp³-hybridized carbons (Fsp3) is 0.529. The van der Waals surface area contributed by atoms with Crippen LogP contribution in [0.4, 0.5) is 0 Å². The molecule has 0 bridgehead atoms. The Hall–Kier alpha value is -2.44. The molecule has 1 aliphatic heterocycles. The summed E-state index contributed by atoms with van der Waals surface area (Å²) in [5, 5.41) is 0. The Morgan fingerprint density at radius 1 is 1.46 bits per heavy atom. The van der Waals surface area contributed by atoms with Gasteiger partial charge in [0.25, 0.3) is 0 Å². The van der Waals surface area contributed by atoms with Gasteiger partial charge in [0, 0.05) is 45.5 Å². The molecule has 0 radical (unpaired) electrons. The average molecular weight is 333 g/mol. The summed E-state index contributed by atoms with van der Waals surface area (Å²) in [5.74, 6) is -0.830. The summed E-state index contributed by atoms with van der Waals surface area (Å²) in [6.45, 7) is 3.11. The lowest BCUT2D eigenvalue weighted by molar-refractivity contribution is -0.144. The van der Waals surface area contributed by atoms with Crippen LogP contribution in [-0.4, -0.2) is 59.3 Å². The van der Waals surface area contributed by atoms with E-state index in [4.69, 9.17) is 4.74 Å². The van der Waals surface area contributed by atoms with E-state index in [1.54, 1.807) is 42.2 Å². The molecule has 2 amide bonds. The maximum Gasteiger partial charge on any atom is 0.307 e. The number of nitrogens with zero attached hydrogens (tertiary/aromatic N) is 3. The van der Waals surface area contributed by atoms with Gasteiger partial charge in [-0.15, -0.1) is 0 Å². The van der Waals surface area contributed by atoms with Crippen molar-refractivity contribution in [2.24, 2.45) is 5.92 Å². The predicted octanol–water partition coefficient (Wildman–Crippen LogP) is 0.842. The number of aromatic nitrogens is 1. The SMILES string of the molecule is CCOC(=O)CCN(Cc1cccnc1)C(=O)[C@H]1CC(=O)N(C)C1. The van der Waals surface area contributed by atoms with Gasteiger partial charge >= 0.3 is 5.97 Å². The van der Waals surface area contributed by atoms with Crippen LogP contribution in [0.15, 0.2) is 24.5 Å². The van der Waals surface area contributed by atoms with Crippen LogP contribution in [0.3, 0.4) is 0 Å². The van der Waals surface area contributed by atoms with Crippen LogP contribution in [-0.2, 0) is 25.7 Å². The molecule has 1 aliphatic rings. The highest BCUT2D eigenvalue weighted by atomic mass is 16.5. The molecule has 1 fully saturated rings. The normalized spacial score (nSPS) is 17.0. The molecule has 0 aromatic carbocycles. The first kappa shape index (κ1) is 17.9. The van der Waals surface area contributed by atoms with E-state index in [0.29, 0.717) is 19.7 Å². The van der Waals surface area contributed by atoms with Gasteiger partial charge in [-0.1, -0.05) is 6.07 Å². The largest absolute Gasteiger partial charge is 0.466 e. The maximum atomic E-state index is 12.8. The van der Waals surface area contributed by atoms with E-state index in [0.717, 1.165) is 5.56 Å². The van der Waals surface area contributed by atoms with Crippen molar-refractivity contribution in [1.29, 1.82) is 0 Å². The number of hydrogen-bond donors (Lipinski definition) is 0. The molecular weight excluding hydrogens is 310 g/mol. The molecule has 0 spiro atoms. The number of pyridine rings is 1. The zero-order valence-electron chi connectivity index (χ0n) is 14.1. The summed E-state index contributed by atoms with van der Waals surface area (Å²) in [6, 6.07) is 3.68. The third-order valence-electron chi connectivity index (χ3n) is 3.99. The summed E-state index contributed by atoms with van der Waals surface area (Å²) in [7, 11) is 1.69. The summed E-state index contributed by atoms with van der Waals surface area (Å²) in [4.78, 5) is 43.3. The fourth-order valence-corrected chi connectivity index (χ4v) is 2.73. The third-order valence-corrected chi connectivity index (χ3v) is 3.99. The second-order valence-corrected chi connectivity index (χ2v) is 5.85. The number of ether oxygens (including phenoxy) is 1. The van der Waals surface area contributed by atoms with Crippen LogP contribution in [0.25, 0.3) is 0 Å². The molecular formula is C17H23N3O4. The number of hydrogen-bond acceptors (Lipinski definition) is 5. The Bertz CT molecular complexity index is 591. The summed E-state index contributed by atoms with van der Waals surface area (Å²) >= 11 is 0. The van der Waals surface area contributed by atoms with E-state index in [1.807, 2.05) is 6.07 Å². The lowest BCUT2D eigenvalue weighted by Gasteiger charge is -2.25. The van der Waals surface area contributed by atoms with Crippen LogP contribution in [0.5, 0.6) is 0 Å². The average Bonchev–Trinajstić information content (AvgIpc) is 2.91. The molecule has 0 saturated carbocycles. The van der Waals surface area contributed by atoms with Crippen LogP contribution in [0, 0.1) is 5.92 Å². The van der Waals surface area contributed by atoms with Crippen molar-refractivity contribution in [3.05, 3.63) is 30.1 Å². The lowest BCUT2D eigenvalue weighted by atomic mass is 10.1. The van der Waals surface area contributed by atoms with Crippen molar-refractivity contribution in [3.8, 4) is 0 Å².